The smallest absolute Gasteiger partial charge is 0.251 e. The molecule has 0 aliphatic carbocycles. The largest absolute Gasteiger partial charge is 0.539 e. The number of pyridine rings is 1. The van der Waals surface area contributed by atoms with Crippen LogP contribution in [0.4, 0.5) is 0 Å². The van der Waals surface area contributed by atoms with E-state index < -0.39 is 8.32 Å². The van der Waals surface area contributed by atoms with Crippen molar-refractivity contribution in [1.29, 1.82) is 0 Å². The first-order chi connectivity index (χ1) is 8.65. The average molecular weight is 296 g/mol. The van der Waals surface area contributed by atoms with E-state index in [1.165, 1.54) is 5.56 Å². The van der Waals surface area contributed by atoms with Gasteiger partial charge in [-0.25, -0.2) is 4.98 Å². The van der Waals surface area contributed by atoms with Crippen molar-refractivity contribution in [2.75, 3.05) is 0 Å². The lowest BCUT2D eigenvalue weighted by Crippen LogP contribution is -2.40. The first kappa shape index (κ1) is 16.3. The van der Waals surface area contributed by atoms with Crippen molar-refractivity contribution < 1.29 is 4.43 Å². The molecule has 0 aliphatic rings. The van der Waals surface area contributed by atoms with Crippen LogP contribution in [0.15, 0.2) is 34.5 Å². The highest BCUT2D eigenvalue weighted by Gasteiger charge is 2.39. The van der Waals surface area contributed by atoms with E-state index in [0.29, 0.717) is 0 Å². The number of aryl methyl sites for hydroxylation is 1. The number of thioether (sulfide) groups is 1. The molecule has 106 valence electrons. The Kier molecular flexibility index (Phi) is 5.27. The van der Waals surface area contributed by atoms with Gasteiger partial charge in [-0.05, 0) is 61.4 Å². The number of hydrogen-bond acceptors (Lipinski definition) is 3. The standard InChI is InChI=1S/C15H25NOSSi/c1-8-14(17-19(6,7)15(3,4)5)18-13-10-9-12(2)11-16-13/h8-11H,1-7H3. The van der Waals surface area contributed by atoms with Crippen LogP contribution >= 0.6 is 11.8 Å². The zero-order valence-electron chi connectivity index (χ0n) is 13.1. The summed E-state index contributed by atoms with van der Waals surface area (Å²) in [5.74, 6) is 0. The van der Waals surface area contributed by atoms with E-state index in [2.05, 4.69) is 44.9 Å². The van der Waals surface area contributed by atoms with Crippen LogP contribution in [0.1, 0.15) is 33.3 Å². The van der Waals surface area contributed by atoms with E-state index in [4.69, 9.17) is 4.43 Å². The molecule has 2 nitrogen and oxygen atoms in total. The maximum absolute atomic E-state index is 6.31. The van der Waals surface area contributed by atoms with Crippen LogP contribution in [-0.2, 0) is 4.43 Å². The van der Waals surface area contributed by atoms with Crippen molar-refractivity contribution in [3.8, 4) is 0 Å². The van der Waals surface area contributed by atoms with Crippen molar-refractivity contribution in [3.63, 3.8) is 0 Å². The Morgan fingerprint density at radius 3 is 2.37 bits per heavy atom. The molecule has 0 spiro atoms. The molecule has 0 amide bonds. The van der Waals surface area contributed by atoms with E-state index in [0.717, 1.165) is 10.1 Å². The maximum Gasteiger partial charge on any atom is 0.251 e. The van der Waals surface area contributed by atoms with E-state index >= 15 is 0 Å². The van der Waals surface area contributed by atoms with Crippen LogP contribution in [0, 0.1) is 6.92 Å². The number of aromatic nitrogens is 1. The van der Waals surface area contributed by atoms with Gasteiger partial charge in [0.1, 0.15) is 10.1 Å². The molecule has 4 heteroatoms. The van der Waals surface area contributed by atoms with Gasteiger partial charge >= 0.3 is 0 Å². The minimum Gasteiger partial charge on any atom is -0.539 e. The summed E-state index contributed by atoms with van der Waals surface area (Å²) < 4.78 is 6.31. The summed E-state index contributed by atoms with van der Waals surface area (Å²) in [7, 11) is -1.77. The summed E-state index contributed by atoms with van der Waals surface area (Å²) in [6.45, 7) is 15.3. The Labute approximate surface area is 122 Å². The molecule has 0 fully saturated rings. The number of rotatable bonds is 4. The summed E-state index contributed by atoms with van der Waals surface area (Å²) in [4.78, 5) is 4.42. The lowest BCUT2D eigenvalue weighted by molar-refractivity contribution is 0.417. The Hall–Kier alpha value is -0.743. The summed E-state index contributed by atoms with van der Waals surface area (Å²) in [6, 6.07) is 4.12. The molecular weight excluding hydrogens is 270 g/mol. The van der Waals surface area contributed by atoms with Crippen LogP contribution in [0.25, 0.3) is 0 Å². The molecule has 1 aromatic rings. The molecule has 0 aromatic carbocycles. The van der Waals surface area contributed by atoms with Crippen molar-refractivity contribution in [2.24, 2.45) is 0 Å². The second-order valence-corrected chi connectivity index (χ2v) is 12.0. The highest BCUT2D eigenvalue weighted by atomic mass is 32.2. The predicted molar refractivity (Wildman–Crippen MR) is 86.9 cm³/mol. The fraction of sp³-hybridized carbons (Fsp3) is 0.533. The summed E-state index contributed by atoms with van der Waals surface area (Å²) in [5.41, 5.74) is 1.18. The number of allylic oxidation sites excluding steroid dienone is 1. The molecule has 1 heterocycles. The minimum absolute atomic E-state index is 0.211. The van der Waals surface area contributed by atoms with Gasteiger partial charge in [-0.2, -0.15) is 0 Å². The van der Waals surface area contributed by atoms with Gasteiger partial charge in [0, 0.05) is 6.20 Å². The molecule has 0 atom stereocenters. The Morgan fingerprint density at radius 1 is 1.32 bits per heavy atom. The zero-order valence-corrected chi connectivity index (χ0v) is 14.9. The molecule has 0 radical (unpaired) electrons. The van der Waals surface area contributed by atoms with Gasteiger partial charge in [0.25, 0.3) is 8.32 Å². The zero-order chi connectivity index (χ0) is 14.7. The fourth-order valence-corrected chi connectivity index (χ4v) is 3.45. The van der Waals surface area contributed by atoms with Crippen LogP contribution in [0.2, 0.25) is 18.1 Å². The van der Waals surface area contributed by atoms with Crippen LogP contribution in [-0.4, -0.2) is 13.3 Å². The minimum atomic E-state index is -1.77. The van der Waals surface area contributed by atoms with Gasteiger partial charge in [0.2, 0.25) is 0 Å². The number of hydrogen-bond donors (Lipinski definition) is 0. The molecule has 0 saturated carbocycles. The third-order valence-corrected chi connectivity index (χ3v) is 8.95. The summed E-state index contributed by atoms with van der Waals surface area (Å²) in [5, 5.41) is 2.16. The number of nitrogens with zero attached hydrogens (tertiary/aromatic N) is 1. The van der Waals surface area contributed by atoms with E-state index in [1.807, 2.05) is 32.2 Å². The van der Waals surface area contributed by atoms with Gasteiger partial charge in [0.05, 0.1) is 0 Å². The second-order valence-electron chi connectivity index (χ2n) is 6.25. The fourth-order valence-electron chi connectivity index (χ4n) is 1.16. The summed E-state index contributed by atoms with van der Waals surface area (Å²) in [6.07, 6.45) is 3.93. The van der Waals surface area contributed by atoms with Gasteiger partial charge in [-0.3, -0.25) is 0 Å². The lowest BCUT2D eigenvalue weighted by atomic mass is 10.2. The van der Waals surface area contributed by atoms with E-state index in [-0.39, 0.29) is 5.04 Å². The molecule has 0 aliphatic heterocycles. The molecule has 19 heavy (non-hydrogen) atoms. The Morgan fingerprint density at radius 2 is 1.95 bits per heavy atom. The molecule has 0 unspecified atom stereocenters. The molecule has 1 aromatic heterocycles. The topological polar surface area (TPSA) is 22.1 Å². The van der Waals surface area contributed by atoms with E-state index in [9.17, 15) is 0 Å². The SMILES string of the molecule is CC=C(O[Si](C)(C)C(C)(C)C)Sc1ccc(C)cn1. The highest BCUT2D eigenvalue weighted by Crippen LogP contribution is 2.40. The third-order valence-electron chi connectivity index (χ3n) is 3.49. The first-order valence-corrected chi connectivity index (χ1v) is 10.3. The van der Waals surface area contributed by atoms with Gasteiger partial charge in [-0.15, -0.1) is 0 Å². The Bertz CT molecular complexity index is 446. The van der Waals surface area contributed by atoms with Crippen LogP contribution in [0.5, 0.6) is 0 Å². The predicted octanol–water partition coefficient (Wildman–Crippen LogP) is 5.37. The molecule has 0 N–H and O–H groups in total. The molecule has 1 rings (SSSR count). The van der Waals surface area contributed by atoms with Crippen LogP contribution in [0.3, 0.4) is 0 Å². The first-order valence-electron chi connectivity index (χ1n) is 6.61. The van der Waals surface area contributed by atoms with Gasteiger partial charge in [0.15, 0.2) is 0 Å². The average Bonchev–Trinajstić information content (AvgIpc) is 2.29. The van der Waals surface area contributed by atoms with Crippen molar-refractivity contribution in [2.45, 2.75) is 57.8 Å². The van der Waals surface area contributed by atoms with E-state index in [1.54, 1.807) is 11.8 Å². The van der Waals surface area contributed by atoms with Crippen molar-refractivity contribution >= 4 is 20.1 Å². The molecule has 0 bridgehead atoms. The monoisotopic (exact) mass is 295 g/mol. The van der Waals surface area contributed by atoms with Crippen molar-refractivity contribution in [1.82, 2.24) is 4.98 Å². The molecular formula is C15H25NOSSi. The maximum atomic E-state index is 6.31. The lowest BCUT2D eigenvalue weighted by Gasteiger charge is -2.36. The second kappa shape index (κ2) is 6.14. The summed E-state index contributed by atoms with van der Waals surface area (Å²) >= 11 is 1.60. The van der Waals surface area contributed by atoms with Gasteiger partial charge < -0.3 is 4.43 Å². The highest BCUT2D eigenvalue weighted by molar-refractivity contribution is 8.02. The van der Waals surface area contributed by atoms with Crippen LogP contribution < -0.4 is 0 Å². The molecule has 0 saturated heterocycles. The Balaban J connectivity index is 2.78. The van der Waals surface area contributed by atoms with Crippen molar-refractivity contribution in [3.05, 3.63) is 35.1 Å². The third kappa shape index (κ3) is 4.69. The quantitative estimate of drug-likeness (QED) is 0.424. The van der Waals surface area contributed by atoms with Gasteiger partial charge in [-0.1, -0.05) is 26.8 Å². The normalized spacial score (nSPS) is 13.5.